The van der Waals surface area contributed by atoms with Gasteiger partial charge in [-0.2, -0.15) is 0 Å². The summed E-state index contributed by atoms with van der Waals surface area (Å²) < 4.78 is 1.82. The molecule has 0 spiro atoms. The average Bonchev–Trinajstić information content (AvgIpc) is 3.01. The maximum absolute atomic E-state index is 6.23. The molecule has 7 heteroatoms. The summed E-state index contributed by atoms with van der Waals surface area (Å²) in [4.78, 5) is 0. The maximum Gasteiger partial charge on any atom is 0.183 e. The number of nitrogens with two attached hydrogens (primary N) is 1. The molecule has 0 aliphatic heterocycles. The van der Waals surface area contributed by atoms with E-state index in [1.165, 1.54) is 0 Å². The molecular weight excluding hydrogens is 285 g/mol. The van der Waals surface area contributed by atoms with Gasteiger partial charge in [0.05, 0.1) is 16.1 Å². The fourth-order valence-corrected chi connectivity index (χ4v) is 2.76. The number of nitrogens with zero attached hydrogens (tertiary/aromatic N) is 4. The average molecular weight is 298 g/mol. The zero-order valence-electron chi connectivity index (χ0n) is 10.3. The molecule has 1 aromatic heterocycles. The smallest absolute Gasteiger partial charge is 0.183 e. The number of hydrogen-bond acceptors (Lipinski definition) is 4. The molecule has 1 saturated carbocycles. The molecular formula is C12H13Cl2N5. The van der Waals surface area contributed by atoms with Crippen molar-refractivity contribution < 1.29 is 0 Å². The van der Waals surface area contributed by atoms with Crippen LogP contribution in [0.1, 0.15) is 25.8 Å². The Balaban J connectivity index is 2.06. The van der Waals surface area contributed by atoms with Crippen LogP contribution in [-0.2, 0) is 0 Å². The summed E-state index contributed by atoms with van der Waals surface area (Å²) in [6.07, 6.45) is 2.22. The second-order valence-corrected chi connectivity index (χ2v) is 5.57. The minimum absolute atomic E-state index is 0.353. The number of nitrogen functional groups attached to an aromatic ring is 1. The molecule has 1 fully saturated rings. The van der Waals surface area contributed by atoms with Gasteiger partial charge in [0, 0.05) is 11.3 Å². The van der Waals surface area contributed by atoms with Gasteiger partial charge in [-0.05, 0) is 34.9 Å². The van der Waals surface area contributed by atoms with Gasteiger partial charge in [0.2, 0.25) is 0 Å². The van der Waals surface area contributed by atoms with Gasteiger partial charge in [0.25, 0.3) is 0 Å². The zero-order valence-corrected chi connectivity index (χ0v) is 11.9. The van der Waals surface area contributed by atoms with Gasteiger partial charge in [0.1, 0.15) is 0 Å². The molecule has 1 heterocycles. The summed E-state index contributed by atoms with van der Waals surface area (Å²) in [5.41, 5.74) is 7.03. The molecule has 1 aliphatic rings. The van der Waals surface area contributed by atoms with Gasteiger partial charge >= 0.3 is 0 Å². The molecule has 2 aromatic rings. The Morgan fingerprint density at radius 2 is 2.21 bits per heavy atom. The highest BCUT2D eigenvalue weighted by Gasteiger charge is 2.40. The fourth-order valence-electron chi connectivity index (χ4n) is 2.34. The first-order valence-corrected chi connectivity index (χ1v) is 6.90. The van der Waals surface area contributed by atoms with Gasteiger partial charge in [-0.15, -0.1) is 5.10 Å². The standard InChI is InChI=1S/C12H13Cl2N5/c1-2-6-3-10(6)19-12(16-17-18-19)8-4-7(15)5-9(13)11(8)14/h4-6,10H,2-3,15H2,1H3. The summed E-state index contributed by atoms with van der Waals surface area (Å²) in [7, 11) is 0. The Bertz CT molecular complexity index is 625. The summed E-state index contributed by atoms with van der Waals surface area (Å²) in [6, 6.07) is 3.72. The lowest BCUT2D eigenvalue weighted by atomic mass is 10.2. The van der Waals surface area contributed by atoms with Crippen molar-refractivity contribution in [3.63, 3.8) is 0 Å². The molecule has 1 aromatic carbocycles. The van der Waals surface area contributed by atoms with E-state index < -0.39 is 0 Å². The van der Waals surface area contributed by atoms with Crippen molar-refractivity contribution in [2.24, 2.45) is 5.92 Å². The Labute approximate surface area is 120 Å². The summed E-state index contributed by atoms with van der Waals surface area (Å²) in [6.45, 7) is 2.17. The van der Waals surface area contributed by atoms with Crippen LogP contribution in [0, 0.1) is 5.92 Å². The Hall–Kier alpha value is -1.33. The van der Waals surface area contributed by atoms with Gasteiger partial charge < -0.3 is 5.73 Å². The third kappa shape index (κ3) is 2.17. The minimum atomic E-state index is 0.353. The predicted octanol–water partition coefficient (Wildman–Crippen LogP) is 3.20. The van der Waals surface area contributed by atoms with E-state index >= 15 is 0 Å². The van der Waals surface area contributed by atoms with E-state index in [9.17, 15) is 0 Å². The Morgan fingerprint density at radius 3 is 2.89 bits per heavy atom. The lowest BCUT2D eigenvalue weighted by Gasteiger charge is -2.08. The molecule has 1 aliphatic carbocycles. The van der Waals surface area contributed by atoms with Crippen LogP contribution in [0.3, 0.4) is 0 Å². The zero-order chi connectivity index (χ0) is 13.6. The van der Waals surface area contributed by atoms with E-state index in [4.69, 9.17) is 28.9 Å². The van der Waals surface area contributed by atoms with Crippen LogP contribution >= 0.6 is 23.2 Å². The highest BCUT2D eigenvalue weighted by molar-refractivity contribution is 6.43. The van der Waals surface area contributed by atoms with E-state index in [0.29, 0.717) is 39.1 Å². The van der Waals surface area contributed by atoms with Crippen LogP contribution in [0.15, 0.2) is 12.1 Å². The van der Waals surface area contributed by atoms with Gasteiger partial charge in [-0.25, -0.2) is 4.68 Å². The van der Waals surface area contributed by atoms with Crippen LogP contribution < -0.4 is 5.73 Å². The number of halogens is 2. The molecule has 0 bridgehead atoms. The SMILES string of the molecule is CCC1CC1n1nnnc1-c1cc(N)cc(Cl)c1Cl. The molecule has 0 amide bonds. The van der Waals surface area contributed by atoms with Gasteiger partial charge in [-0.3, -0.25) is 0 Å². The van der Waals surface area contributed by atoms with Crippen LogP contribution in [-0.4, -0.2) is 20.2 Å². The lowest BCUT2D eigenvalue weighted by molar-refractivity contribution is 0.563. The van der Waals surface area contributed by atoms with Crippen molar-refractivity contribution in [1.29, 1.82) is 0 Å². The largest absolute Gasteiger partial charge is 0.399 e. The van der Waals surface area contributed by atoms with Gasteiger partial charge in [-0.1, -0.05) is 36.5 Å². The van der Waals surface area contributed by atoms with E-state index in [1.54, 1.807) is 12.1 Å². The predicted molar refractivity (Wildman–Crippen MR) is 75.1 cm³/mol. The molecule has 100 valence electrons. The van der Waals surface area contributed by atoms with Crippen molar-refractivity contribution >= 4 is 28.9 Å². The monoisotopic (exact) mass is 297 g/mol. The third-order valence-corrected chi connectivity index (χ3v) is 4.31. The van der Waals surface area contributed by atoms with Crippen LogP contribution in [0.2, 0.25) is 10.0 Å². The number of aromatic nitrogens is 4. The second-order valence-electron chi connectivity index (χ2n) is 4.78. The van der Waals surface area contributed by atoms with Gasteiger partial charge in [0.15, 0.2) is 5.82 Å². The summed E-state index contributed by atoms with van der Waals surface area (Å²) in [5, 5.41) is 12.7. The lowest BCUT2D eigenvalue weighted by Crippen LogP contribution is -2.02. The first-order chi connectivity index (χ1) is 9.11. The van der Waals surface area contributed by atoms with Crippen LogP contribution in [0.4, 0.5) is 5.69 Å². The first kappa shape index (κ1) is 12.7. The Kier molecular flexibility index (Phi) is 3.11. The number of anilines is 1. The molecule has 3 rings (SSSR count). The van der Waals surface area contributed by atoms with E-state index in [0.717, 1.165) is 12.8 Å². The molecule has 2 N–H and O–H groups in total. The molecule has 2 unspecified atom stereocenters. The molecule has 0 radical (unpaired) electrons. The van der Waals surface area contributed by atoms with E-state index in [1.807, 2.05) is 4.68 Å². The molecule has 19 heavy (non-hydrogen) atoms. The minimum Gasteiger partial charge on any atom is -0.399 e. The van der Waals surface area contributed by atoms with Crippen LogP contribution in [0.5, 0.6) is 0 Å². The summed E-state index contributed by atoms with van der Waals surface area (Å²) in [5.74, 6) is 1.26. The molecule has 5 nitrogen and oxygen atoms in total. The highest BCUT2D eigenvalue weighted by Crippen LogP contribution is 2.47. The Morgan fingerprint density at radius 1 is 1.42 bits per heavy atom. The maximum atomic E-state index is 6.23. The number of hydrogen-bond donors (Lipinski definition) is 1. The molecule has 0 saturated heterocycles. The normalized spacial score (nSPS) is 21.6. The van der Waals surface area contributed by atoms with E-state index in [-0.39, 0.29) is 0 Å². The van der Waals surface area contributed by atoms with Crippen molar-refractivity contribution in [3.05, 3.63) is 22.2 Å². The summed E-state index contributed by atoms with van der Waals surface area (Å²) >= 11 is 12.3. The second kappa shape index (κ2) is 4.65. The van der Waals surface area contributed by atoms with Crippen molar-refractivity contribution in [1.82, 2.24) is 20.2 Å². The van der Waals surface area contributed by atoms with Crippen molar-refractivity contribution in [2.75, 3.05) is 5.73 Å². The number of tetrazole rings is 1. The topological polar surface area (TPSA) is 69.6 Å². The van der Waals surface area contributed by atoms with Crippen LogP contribution in [0.25, 0.3) is 11.4 Å². The molecule has 2 atom stereocenters. The first-order valence-electron chi connectivity index (χ1n) is 6.14. The quantitative estimate of drug-likeness (QED) is 0.883. The highest BCUT2D eigenvalue weighted by atomic mass is 35.5. The number of benzene rings is 1. The number of rotatable bonds is 3. The van der Waals surface area contributed by atoms with Crippen molar-refractivity contribution in [3.8, 4) is 11.4 Å². The van der Waals surface area contributed by atoms with E-state index in [2.05, 4.69) is 22.4 Å². The van der Waals surface area contributed by atoms with Crippen molar-refractivity contribution in [2.45, 2.75) is 25.8 Å². The third-order valence-electron chi connectivity index (χ3n) is 3.51. The fraction of sp³-hybridized carbons (Fsp3) is 0.417.